The molecule has 1 aliphatic heterocycles. The molecular weight excluding hydrogens is 487 g/mol. The Bertz CT molecular complexity index is 1280. The van der Waals surface area contributed by atoms with E-state index >= 15 is 4.39 Å². The van der Waals surface area contributed by atoms with Crippen LogP contribution in [-0.4, -0.2) is 19.3 Å². The number of ether oxygens (including phenoxy) is 2. The Balaban J connectivity index is 1.41. The van der Waals surface area contributed by atoms with Crippen molar-refractivity contribution in [3.05, 3.63) is 94.3 Å². The highest BCUT2D eigenvalue weighted by Crippen LogP contribution is 2.37. The maximum atomic E-state index is 15.0. The Kier molecular flexibility index (Phi) is 8.64. The fourth-order valence-corrected chi connectivity index (χ4v) is 4.75. The van der Waals surface area contributed by atoms with Gasteiger partial charge in [0.25, 0.3) is 0 Å². The highest BCUT2D eigenvalue weighted by Gasteiger charge is 2.28. The minimum atomic E-state index is -1.30. The zero-order valence-corrected chi connectivity index (χ0v) is 20.8. The Hall–Kier alpha value is -3.19. The fraction of sp³-hybridized carbons (Fsp3) is 0.333. The van der Waals surface area contributed by atoms with E-state index in [1.165, 1.54) is 30.3 Å². The van der Waals surface area contributed by atoms with Gasteiger partial charge in [0.05, 0.1) is 19.3 Å². The first-order valence-corrected chi connectivity index (χ1v) is 12.5. The fourth-order valence-electron chi connectivity index (χ4n) is 4.75. The molecule has 4 rings (SSSR count). The number of halogens is 5. The van der Waals surface area contributed by atoms with E-state index in [2.05, 4.69) is 0 Å². The summed E-state index contributed by atoms with van der Waals surface area (Å²) in [7, 11) is 0. The molecule has 3 aromatic rings. The molecule has 1 saturated heterocycles. The van der Waals surface area contributed by atoms with Gasteiger partial charge in [0.1, 0.15) is 5.82 Å². The predicted molar refractivity (Wildman–Crippen MR) is 134 cm³/mol. The molecule has 0 amide bonds. The van der Waals surface area contributed by atoms with Crippen molar-refractivity contribution in [1.82, 2.24) is 0 Å². The maximum Gasteiger partial charge on any atom is 0.201 e. The minimum absolute atomic E-state index is 0.112. The molecular formula is C30H29F5O2. The van der Waals surface area contributed by atoms with E-state index in [0.717, 1.165) is 5.56 Å². The van der Waals surface area contributed by atoms with Crippen molar-refractivity contribution in [2.24, 2.45) is 0 Å². The highest BCUT2D eigenvalue weighted by molar-refractivity contribution is 5.67. The number of hydrogen-bond donors (Lipinski definition) is 0. The van der Waals surface area contributed by atoms with Crippen LogP contribution in [0.15, 0.2) is 48.5 Å². The van der Waals surface area contributed by atoms with Crippen molar-refractivity contribution in [3.63, 3.8) is 0 Å². The second kappa shape index (κ2) is 11.9. The van der Waals surface area contributed by atoms with Crippen LogP contribution < -0.4 is 4.74 Å². The molecule has 37 heavy (non-hydrogen) atoms. The number of aryl methyl sites for hydroxylation is 1. The second-order valence-electron chi connectivity index (χ2n) is 9.12. The predicted octanol–water partition coefficient (Wildman–Crippen LogP) is 8.38. The summed E-state index contributed by atoms with van der Waals surface area (Å²) in [4.78, 5) is 0. The average Bonchev–Trinajstić information content (AvgIpc) is 2.89. The number of allylic oxidation sites excluding steroid dienone is 1. The lowest BCUT2D eigenvalue weighted by Crippen LogP contribution is -2.26. The summed E-state index contributed by atoms with van der Waals surface area (Å²) in [5.74, 6) is -5.80. The van der Waals surface area contributed by atoms with Gasteiger partial charge in [0.15, 0.2) is 23.2 Å². The second-order valence-corrected chi connectivity index (χ2v) is 9.12. The van der Waals surface area contributed by atoms with Crippen LogP contribution in [0.1, 0.15) is 55.7 Å². The van der Waals surface area contributed by atoms with Crippen LogP contribution in [-0.2, 0) is 11.2 Å². The maximum absolute atomic E-state index is 15.0. The highest BCUT2D eigenvalue weighted by atomic mass is 19.2. The van der Waals surface area contributed by atoms with Crippen molar-refractivity contribution in [1.29, 1.82) is 0 Å². The van der Waals surface area contributed by atoms with Gasteiger partial charge < -0.3 is 9.47 Å². The zero-order valence-electron chi connectivity index (χ0n) is 20.8. The van der Waals surface area contributed by atoms with Gasteiger partial charge in [-0.15, -0.1) is 0 Å². The van der Waals surface area contributed by atoms with Crippen LogP contribution in [0.2, 0.25) is 0 Å². The summed E-state index contributed by atoms with van der Waals surface area (Å²) < 4.78 is 84.1. The number of hydrogen-bond acceptors (Lipinski definition) is 2. The van der Waals surface area contributed by atoms with E-state index in [1.807, 2.05) is 25.1 Å². The van der Waals surface area contributed by atoms with Crippen molar-refractivity contribution in [2.75, 3.05) is 13.2 Å². The van der Waals surface area contributed by atoms with Crippen molar-refractivity contribution in [2.45, 2.75) is 51.6 Å². The van der Waals surface area contributed by atoms with Gasteiger partial charge in [-0.25, -0.2) is 17.6 Å². The van der Waals surface area contributed by atoms with Crippen LogP contribution in [0.3, 0.4) is 0 Å². The SMILES string of the molecule is C/C=C/c1ccc(CCC2CCC(c3ccc(-c4ccc(OCC)c(F)c4F)c(F)c3F)CO2)c(F)c1. The summed E-state index contributed by atoms with van der Waals surface area (Å²) >= 11 is 0. The standard InChI is InChI=1S/C30H29F5O2/c1-3-5-18-6-7-19(25(31)16-18)8-10-21-11-9-20(17-37-21)22-12-13-23(28(33)27(22)32)24-14-15-26(36-4-2)30(35)29(24)34/h3,5-7,12-16,20-21H,4,8-11,17H2,1-2H3/b5-3+. The summed E-state index contributed by atoms with van der Waals surface area (Å²) in [6, 6.07) is 10.2. The molecule has 1 fully saturated rings. The molecule has 3 aromatic carbocycles. The van der Waals surface area contributed by atoms with E-state index in [1.54, 1.807) is 13.0 Å². The third-order valence-electron chi connectivity index (χ3n) is 6.73. The van der Waals surface area contributed by atoms with E-state index in [0.29, 0.717) is 31.2 Å². The molecule has 196 valence electrons. The Morgan fingerprint density at radius 3 is 2.27 bits per heavy atom. The third-order valence-corrected chi connectivity index (χ3v) is 6.73. The lowest BCUT2D eigenvalue weighted by Gasteiger charge is -2.30. The third kappa shape index (κ3) is 5.87. The Labute approximate surface area is 213 Å². The molecule has 1 heterocycles. The van der Waals surface area contributed by atoms with Gasteiger partial charge in [0, 0.05) is 17.0 Å². The van der Waals surface area contributed by atoms with Crippen molar-refractivity contribution >= 4 is 6.08 Å². The lowest BCUT2D eigenvalue weighted by atomic mass is 9.88. The van der Waals surface area contributed by atoms with E-state index in [-0.39, 0.29) is 53.5 Å². The Morgan fingerprint density at radius 1 is 0.892 bits per heavy atom. The molecule has 0 aliphatic carbocycles. The molecule has 0 N–H and O–H groups in total. The van der Waals surface area contributed by atoms with Crippen LogP contribution in [0, 0.1) is 29.1 Å². The summed E-state index contributed by atoms with van der Waals surface area (Å²) in [6.07, 6.45) is 5.88. The smallest absolute Gasteiger partial charge is 0.201 e. The first kappa shape index (κ1) is 26.9. The molecule has 0 aromatic heterocycles. The molecule has 0 saturated carbocycles. The van der Waals surface area contributed by atoms with E-state index < -0.39 is 23.3 Å². The van der Waals surface area contributed by atoms with Crippen LogP contribution >= 0.6 is 0 Å². The molecule has 2 nitrogen and oxygen atoms in total. The lowest BCUT2D eigenvalue weighted by molar-refractivity contribution is -0.00135. The van der Waals surface area contributed by atoms with E-state index in [9.17, 15) is 17.6 Å². The molecule has 0 radical (unpaired) electrons. The Morgan fingerprint density at radius 2 is 1.62 bits per heavy atom. The first-order chi connectivity index (χ1) is 17.8. The number of rotatable bonds is 8. The van der Waals surface area contributed by atoms with Crippen LogP contribution in [0.5, 0.6) is 5.75 Å². The van der Waals surface area contributed by atoms with Gasteiger partial charge in [-0.3, -0.25) is 0 Å². The zero-order chi connectivity index (χ0) is 26.5. The van der Waals surface area contributed by atoms with Crippen LogP contribution in [0.4, 0.5) is 22.0 Å². The molecule has 2 atom stereocenters. The van der Waals surface area contributed by atoms with Gasteiger partial charge in [-0.05, 0) is 74.4 Å². The molecule has 1 aliphatic rings. The van der Waals surface area contributed by atoms with Crippen LogP contribution in [0.25, 0.3) is 17.2 Å². The quantitative estimate of drug-likeness (QED) is 0.280. The van der Waals surface area contributed by atoms with E-state index in [4.69, 9.17) is 9.47 Å². The normalized spacial score (nSPS) is 17.9. The van der Waals surface area contributed by atoms with Gasteiger partial charge >= 0.3 is 0 Å². The monoisotopic (exact) mass is 516 g/mol. The van der Waals surface area contributed by atoms with Gasteiger partial charge in [0.2, 0.25) is 5.82 Å². The number of benzene rings is 3. The molecule has 0 spiro atoms. The van der Waals surface area contributed by atoms with Crippen molar-refractivity contribution < 1.29 is 31.4 Å². The molecule has 0 bridgehead atoms. The van der Waals surface area contributed by atoms with Gasteiger partial charge in [-0.2, -0.15) is 4.39 Å². The summed E-state index contributed by atoms with van der Waals surface area (Å²) in [5.41, 5.74) is 0.807. The first-order valence-electron chi connectivity index (χ1n) is 12.5. The minimum Gasteiger partial charge on any atom is -0.491 e. The largest absolute Gasteiger partial charge is 0.491 e. The topological polar surface area (TPSA) is 18.5 Å². The van der Waals surface area contributed by atoms with Gasteiger partial charge in [-0.1, -0.05) is 36.4 Å². The summed E-state index contributed by atoms with van der Waals surface area (Å²) in [5, 5.41) is 0. The van der Waals surface area contributed by atoms with Crippen molar-refractivity contribution in [3.8, 4) is 16.9 Å². The summed E-state index contributed by atoms with van der Waals surface area (Å²) in [6.45, 7) is 3.82. The molecule has 2 unspecified atom stereocenters. The molecule has 7 heteroatoms. The average molecular weight is 517 g/mol.